The fraction of sp³-hybridized carbons (Fsp3) is 0.118. The summed E-state index contributed by atoms with van der Waals surface area (Å²) in [4.78, 5) is 31.5. The Bertz CT molecular complexity index is 1180. The number of nitrogens with one attached hydrogen (secondary N) is 1. The van der Waals surface area contributed by atoms with Crippen LogP contribution in [0.4, 0.5) is 0 Å². The van der Waals surface area contributed by atoms with Crippen molar-refractivity contribution in [2.75, 3.05) is 5.43 Å². The van der Waals surface area contributed by atoms with Gasteiger partial charge in [0, 0.05) is 15.0 Å². The minimum atomic E-state index is -0.430. The number of rotatable bonds is 3. The van der Waals surface area contributed by atoms with Crippen molar-refractivity contribution >= 4 is 60.5 Å². The lowest BCUT2D eigenvalue weighted by atomic mass is 10.2. The van der Waals surface area contributed by atoms with Gasteiger partial charge in [-0.1, -0.05) is 36.7 Å². The average Bonchev–Trinajstić information content (AvgIpc) is 3.19. The van der Waals surface area contributed by atoms with Crippen LogP contribution in [-0.4, -0.2) is 15.6 Å². The molecule has 0 saturated carbocycles. The Morgan fingerprint density at radius 2 is 2.08 bits per heavy atom. The summed E-state index contributed by atoms with van der Waals surface area (Å²) in [7, 11) is 0. The van der Waals surface area contributed by atoms with Gasteiger partial charge in [-0.15, -0.1) is 22.7 Å². The summed E-state index contributed by atoms with van der Waals surface area (Å²) in [6.07, 6.45) is 2.17. The number of thiophene rings is 2. The molecule has 0 aliphatic carbocycles. The molecule has 1 N–H and O–H groups in total. The van der Waals surface area contributed by atoms with E-state index in [9.17, 15) is 9.59 Å². The fourth-order valence-corrected chi connectivity index (χ4v) is 4.88. The van der Waals surface area contributed by atoms with Gasteiger partial charge in [0.1, 0.15) is 16.0 Å². The van der Waals surface area contributed by atoms with Crippen LogP contribution in [0.3, 0.4) is 0 Å². The number of halogens is 1. The van der Waals surface area contributed by atoms with Gasteiger partial charge in [0.25, 0.3) is 11.5 Å². The molecule has 0 saturated heterocycles. The van der Waals surface area contributed by atoms with Crippen molar-refractivity contribution < 1.29 is 4.79 Å². The first-order valence-electron chi connectivity index (χ1n) is 7.57. The first-order chi connectivity index (χ1) is 12.1. The smallest absolute Gasteiger partial charge is 0.267 e. The van der Waals surface area contributed by atoms with Crippen LogP contribution in [0.2, 0.25) is 5.02 Å². The number of aryl methyl sites for hydroxylation is 1. The second-order valence-corrected chi connectivity index (χ2v) is 7.93. The highest BCUT2D eigenvalue weighted by atomic mass is 35.5. The predicted octanol–water partition coefficient (Wildman–Crippen LogP) is 4.27. The maximum absolute atomic E-state index is 12.6. The Morgan fingerprint density at radius 1 is 1.28 bits per heavy atom. The van der Waals surface area contributed by atoms with Crippen LogP contribution < -0.4 is 11.0 Å². The summed E-state index contributed by atoms with van der Waals surface area (Å²) in [5.74, 6) is -0.430. The zero-order chi connectivity index (χ0) is 17.6. The molecule has 0 aliphatic rings. The number of hydrogen-bond donors (Lipinski definition) is 1. The van der Waals surface area contributed by atoms with Gasteiger partial charge in [-0.25, -0.2) is 9.66 Å². The highest BCUT2D eigenvalue weighted by molar-refractivity contribution is 7.21. The second kappa shape index (κ2) is 6.25. The molecule has 1 amide bonds. The number of hydrogen-bond acceptors (Lipinski definition) is 5. The van der Waals surface area contributed by atoms with Crippen molar-refractivity contribution in [1.29, 1.82) is 0 Å². The highest BCUT2D eigenvalue weighted by Crippen LogP contribution is 2.35. The van der Waals surface area contributed by atoms with E-state index in [2.05, 4.69) is 10.4 Å². The molecule has 5 nitrogen and oxygen atoms in total. The Balaban J connectivity index is 1.72. The molecule has 25 heavy (non-hydrogen) atoms. The van der Waals surface area contributed by atoms with Crippen LogP contribution in [0.25, 0.3) is 20.3 Å². The van der Waals surface area contributed by atoms with E-state index in [0.717, 1.165) is 26.1 Å². The second-order valence-electron chi connectivity index (χ2n) is 5.39. The van der Waals surface area contributed by atoms with Crippen molar-refractivity contribution in [3.8, 4) is 0 Å². The molecule has 4 aromatic rings. The molecule has 0 fully saturated rings. The molecule has 8 heteroatoms. The van der Waals surface area contributed by atoms with E-state index in [1.54, 1.807) is 0 Å². The third-order valence-electron chi connectivity index (χ3n) is 3.81. The third kappa shape index (κ3) is 2.74. The lowest BCUT2D eigenvalue weighted by Crippen LogP contribution is -2.32. The van der Waals surface area contributed by atoms with Gasteiger partial charge < -0.3 is 0 Å². The van der Waals surface area contributed by atoms with Crippen LogP contribution in [-0.2, 0) is 6.42 Å². The zero-order valence-corrected chi connectivity index (χ0v) is 15.5. The maximum atomic E-state index is 12.6. The SMILES string of the molecule is CCc1cc2c(=O)n(NC(=O)c3sc4ccccc4c3Cl)cnc2s1. The molecule has 3 aromatic heterocycles. The monoisotopic (exact) mass is 389 g/mol. The minimum absolute atomic E-state index is 0.300. The van der Waals surface area contributed by atoms with Gasteiger partial charge in [0.15, 0.2) is 0 Å². The first-order valence-corrected chi connectivity index (χ1v) is 9.58. The van der Waals surface area contributed by atoms with Crippen molar-refractivity contribution in [2.45, 2.75) is 13.3 Å². The van der Waals surface area contributed by atoms with E-state index < -0.39 is 5.91 Å². The lowest BCUT2D eigenvalue weighted by Gasteiger charge is -2.06. The van der Waals surface area contributed by atoms with Crippen LogP contribution in [0.5, 0.6) is 0 Å². The standard InChI is InChI=1S/C17H12ClN3O2S2/c1-2-9-7-11-16(24-9)19-8-21(17(11)23)20-15(22)14-13(18)10-5-3-4-6-12(10)25-14/h3-8H,2H2,1H3,(H,20,22). The van der Waals surface area contributed by atoms with Crippen molar-refractivity contribution in [3.05, 3.63) is 61.8 Å². The molecule has 0 aliphatic heterocycles. The molecular weight excluding hydrogens is 378 g/mol. The Labute approximate surface area is 155 Å². The number of nitrogens with zero attached hydrogens (tertiary/aromatic N) is 2. The largest absolute Gasteiger partial charge is 0.281 e. The van der Waals surface area contributed by atoms with Gasteiger partial charge in [0.2, 0.25) is 0 Å². The van der Waals surface area contributed by atoms with Gasteiger partial charge in [-0.3, -0.25) is 15.0 Å². The molecule has 0 bridgehead atoms. The summed E-state index contributed by atoms with van der Waals surface area (Å²) in [5, 5.41) is 1.72. The Morgan fingerprint density at radius 3 is 2.84 bits per heavy atom. The molecule has 0 atom stereocenters. The van der Waals surface area contributed by atoms with Crippen LogP contribution in [0.15, 0.2) is 41.5 Å². The van der Waals surface area contributed by atoms with E-state index >= 15 is 0 Å². The van der Waals surface area contributed by atoms with Gasteiger partial charge >= 0.3 is 0 Å². The van der Waals surface area contributed by atoms with Gasteiger partial charge in [0.05, 0.1) is 10.4 Å². The predicted molar refractivity (Wildman–Crippen MR) is 104 cm³/mol. The number of carbonyl (C=O) groups excluding carboxylic acids is 1. The Hall–Kier alpha value is -2.22. The Kier molecular flexibility index (Phi) is 4.07. The van der Waals surface area contributed by atoms with E-state index in [-0.39, 0.29) is 5.56 Å². The summed E-state index contributed by atoms with van der Waals surface area (Å²) in [5.41, 5.74) is 2.28. The maximum Gasteiger partial charge on any atom is 0.281 e. The molecule has 0 radical (unpaired) electrons. The first kappa shape index (κ1) is 16.3. The van der Waals surface area contributed by atoms with Crippen LogP contribution in [0, 0.1) is 0 Å². The van der Waals surface area contributed by atoms with E-state index in [1.165, 1.54) is 29.0 Å². The zero-order valence-electron chi connectivity index (χ0n) is 13.1. The van der Waals surface area contributed by atoms with E-state index in [0.29, 0.717) is 20.1 Å². The van der Waals surface area contributed by atoms with Crippen LogP contribution >= 0.6 is 34.3 Å². The lowest BCUT2D eigenvalue weighted by molar-refractivity contribution is 0.101. The molecule has 126 valence electrons. The quantitative estimate of drug-likeness (QED) is 0.569. The molecule has 3 heterocycles. The van der Waals surface area contributed by atoms with Crippen molar-refractivity contribution in [1.82, 2.24) is 9.66 Å². The number of amides is 1. The van der Waals surface area contributed by atoms with Crippen molar-refractivity contribution in [3.63, 3.8) is 0 Å². The number of carbonyl (C=O) groups is 1. The normalized spacial score (nSPS) is 11.3. The number of aromatic nitrogens is 2. The number of fused-ring (bicyclic) bond motifs is 2. The highest BCUT2D eigenvalue weighted by Gasteiger charge is 2.18. The third-order valence-corrected chi connectivity index (χ3v) is 6.68. The molecule has 0 spiro atoms. The molecular formula is C17H12ClN3O2S2. The summed E-state index contributed by atoms with van der Waals surface area (Å²) in [6, 6.07) is 9.35. The summed E-state index contributed by atoms with van der Waals surface area (Å²) >= 11 is 9.10. The van der Waals surface area contributed by atoms with Crippen molar-refractivity contribution in [2.24, 2.45) is 0 Å². The van der Waals surface area contributed by atoms with Gasteiger partial charge in [-0.2, -0.15) is 0 Å². The topological polar surface area (TPSA) is 64.0 Å². The summed E-state index contributed by atoms with van der Waals surface area (Å²) < 4.78 is 2.03. The van der Waals surface area contributed by atoms with Crippen LogP contribution in [0.1, 0.15) is 21.5 Å². The fourth-order valence-electron chi connectivity index (χ4n) is 2.55. The van der Waals surface area contributed by atoms with E-state index in [4.69, 9.17) is 11.6 Å². The molecule has 0 unspecified atom stereocenters. The average molecular weight is 390 g/mol. The molecule has 4 rings (SSSR count). The minimum Gasteiger partial charge on any atom is -0.267 e. The number of benzene rings is 1. The molecule has 1 aromatic carbocycles. The van der Waals surface area contributed by atoms with E-state index in [1.807, 2.05) is 37.3 Å². The summed E-state index contributed by atoms with van der Waals surface area (Å²) in [6.45, 7) is 2.02. The van der Waals surface area contributed by atoms with Gasteiger partial charge in [-0.05, 0) is 18.6 Å².